The van der Waals surface area contributed by atoms with Crippen LogP contribution in [0.15, 0.2) is 48.5 Å². The maximum absolute atomic E-state index is 12.2. The van der Waals surface area contributed by atoms with E-state index in [1.807, 2.05) is 4.90 Å². The molecule has 8 heteroatoms. The van der Waals surface area contributed by atoms with Crippen molar-refractivity contribution in [3.8, 4) is 6.07 Å². The first kappa shape index (κ1) is 19.3. The second kappa shape index (κ2) is 8.97. The zero-order chi connectivity index (χ0) is 19.9. The number of rotatable bonds is 6. The summed E-state index contributed by atoms with van der Waals surface area (Å²) in [6.07, 6.45) is 0.325. The van der Waals surface area contributed by atoms with Crippen LogP contribution < -0.4 is 10.2 Å². The highest BCUT2D eigenvalue weighted by Gasteiger charge is 2.23. The highest BCUT2D eigenvalue weighted by atomic mass is 16.6. The summed E-state index contributed by atoms with van der Waals surface area (Å²) in [7, 11) is 0. The molecule has 0 unspecified atom stereocenters. The molecule has 2 aromatic carbocycles. The average molecular weight is 379 g/mol. The average Bonchev–Trinajstić information content (AvgIpc) is 2.73. The van der Waals surface area contributed by atoms with Crippen molar-refractivity contribution in [2.24, 2.45) is 0 Å². The molecule has 1 aliphatic rings. The van der Waals surface area contributed by atoms with Crippen LogP contribution in [0.2, 0.25) is 0 Å². The van der Waals surface area contributed by atoms with E-state index in [9.17, 15) is 14.9 Å². The molecule has 1 N–H and O–H groups in total. The molecule has 0 radical (unpaired) electrons. The molecule has 0 aromatic heterocycles. The molecule has 1 fully saturated rings. The van der Waals surface area contributed by atoms with Crippen molar-refractivity contribution < 1.29 is 9.72 Å². The van der Waals surface area contributed by atoms with Crippen molar-refractivity contribution in [3.05, 3.63) is 64.2 Å². The molecule has 1 heterocycles. The Kier molecular flexibility index (Phi) is 6.19. The predicted molar refractivity (Wildman–Crippen MR) is 106 cm³/mol. The van der Waals surface area contributed by atoms with Gasteiger partial charge >= 0.3 is 0 Å². The summed E-state index contributed by atoms with van der Waals surface area (Å²) in [5.41, 5.74) is 1.72. The Bertz CT molecular complexity index is 901. The van der Waals surface area contributed by atoms with Gasteiger partial charge in [-0.1, -0.05) is 24.3 Å². The molecule has 3 rings (SSSR count). The van der Waals surface area contributed by atoms with Gasteiger partial charge in [-0.05, 0) is 18.2 Å². The fourth-order valence-corrected chi connectivity index (χ4v) is 3.26. The van der Waals surface area contributed by atoms with E-state index < -0.39 is 0 Å². The zero-order valence-corrected chi connectivity index (χ0v) is 15.4. The van der Waals surface area contributed by atoms with Crippen LogP contribution in [-0.4, -0.2) is 48.5 Å². The van der Waals surface area contributed by atoms with Gasteiger partial charge in [0.1, 0.15) is 11.8 Å². The van der Waals surface area contributed by atoms with E-state index in [0.29, 0.717) is 43.0 Å². The number of piperazine rings is 1. The van der Waals surface area contributed by atoms with Crippen LogP contribution in [-0.2, 0) is 4.79 Å². The first-order valence-corrected chi connectivity index (χ1v) is 9.08. The largest absolute Gasteiger partial charge is 0.363 e. The highest BCUT2D eigenvalue weighted by molar-refractivity contribution is 5.92. The normalized spacial score (nSPS) is 14.3. The number of benzene rings is 2. The second-order valence-corrected chi connectivity index (χ2v) is 6.53. The topological polar surface area (TPSA) is 103 Å². The molecule has 1 aliphatic heterocycles. The molecule has 28 heavy (non-hydrogen) atoms. The predicted octanol–water partition coefficient (Wildman–Crippen LogP) is 2.62. The number of nitriles is 1. The van der Waals surface area contributed by atoms with Crippen molar-refractivity contribution in [2.45, 2.75) is 6.42 Å². The monoisotopic (exact) mass is 379 g/mol. The number of para-hydroxylation sites is 3. The number of carbonyl (C=O) groups excluding carboxylic acids is 1. The number of nitro groups is 1. The van der Waals surface area contributed by atoms with Crippen LogP contribution in [0.5, 0.6) is 0 Å². The fraction of sp³-hybridized carbons (Fsp3) is 0.300. The van der Waals surface area contributed by atoms with Crippen molar-refractivity contribution in [1.29, 1.82) is 5.26 Å². The van der Waals surface area contributed by atoms with Gasteiger partial charge in [0.2, 0.25) is 5.91 Å². The quantitative estimate of drug-likeness (QED) is 0.611. The van der Waals surface area contributed by atoms with Crippen LogP contribution >= 0.6 is 0 Å². The number of nitrogens with one attached hydrogen (secondary N) is 1. The third kappa shape index (κ3) is 4.64. The van der Waals surface area contributed by atoms with E-state index in [1.165, 1.54) is 6.07 Å². The minimum Gasteiger partial charge on any atom is -0.363 e. The van der Waals surface area contributed by atoms with E-state index >= 15 is 0 Å². The lowest BCUT2D eigenvalue weighted by molar-refractivity contribution is -0.384. The lowest BCUT2D eigenvalue weighted by Gasteiger charge is -2.35. The summed E-state index contributed by atoms with van der Waals surface area (Å²) < 4.78 is 0. The molecule has 1 saturated heterocycles. The summed E-state index contributed by atoms with van der Waals surface area (Å²) >= 11 is 0. The van der Waals surface area contributed by atoms with Gasteiger partial charge in [0.05, 0.1) is 16.2 Å². The van der Waals surface area contributed by atoms with Crippen LogP contribution in [0.4, 0.5) is 17.1 Å². The molecular formula is C20H21N5O3. The van der Waals surface area contributed by atoms with E-state index in [-0.39, 0.29) is 16.5 Å². The number of amides is 1. The molecule has 144 valence electrons. The van der Waals surface area contributed by atoms with E-state index in [4.69, 9.17) is 5.26 Å². The third-order valence-corrected chi connectivity index (χ3v) is 4.77. The van der Waals surface area contributed by atoms with Gasteiger partial charge < -0.3 is 10.2 Å². The maximum Gasteiger partial charge on any atom is 0.292 e. The van der Waals surface area contributed by atoms with Gasteiger partial charge in [0, 0.05) is 45.2 Å². The Balaban J connectivity index is 1.49. The number of hydrogen-bond acceptors (Lipinski definition) is 6. The van der Waals surface area contributed by atoms with Crippen molar-refractivity contribution >= 4 is 23.0 Å². The number of carbonyl (C=O) groups is 1. The molecule has 0 bridgehead atoms. The third-order valence-electron chi connectivity index (χ3n) is 4.77. The van der Waals surface area contributed by atoms with Gasteiger partial charge in [0.15, 0.2) is 0 Å². The SMILES string of the molecule is N#Cc1ccccc1NC(=O)CCN1CCN(c2ccccc2[N+](=O)[O-])CC1. The molecular weight excluding hydrogens is 358 g/mol. The Labute approximate surface area is 163 Å². The molecule has 0 aliphatic carbocycles. The first-order valence-electron chi connectivity index (χ1n) is 9.08. The van der Waals surface area contributed by atoms with Gasteiger partial charge in [-0.3, -0.25) is 19.8 Å². The lowest BCUT2D eigenvalue weighted by atomic mass is 10.2. The Hall–Kier alpha value is -3.44. The summed E-state index contributed by atoms with van der Waals surface area (Å²) in [5.74, 6) is -0.135. The van der Waals surface area contributed by atoms with Crippen molar-refractivity contribution in [1.82, 2.24) is 4.90 Å². The van der Waals surface area contributed by atoms with Crippen LogP contribution in [0.25, 0.3) is 0 Å². The summed E-state index contributed by atoms with van der Waals surface area (Å²) in [5, 5.41) is 23.1. The van der Waals surface area contributed by atoms with Crippen molar-refractivity contribution in [3.63, 3.8) is 0 Å². The number of hydrogen-bond donors (Lipinski definition) is 1. The van der Waals surface area contributed by atoms with Gasteiger partial charge in [-0.2, -0.15) is 5.26 Å². The molecule has 1 amide bonds. The summed E-state index contributed by atoms with van der Waals surface area (Å²) in [6, 6.07) is 15.7. The Morgan fingerprint density at radius 1 is 1.11 bits per heavy atom. The zero-order valence-electron chi connectivity index (χ0n) is 15.4. The minimum atomic E-state index is -0.356. The van der Waals surface area contributed by atoms with Crippen LogP contribution in [0.1, 0.15) is 12.0 Å². The molecule has 0 spiro atoms. The smallest absolute Gasteiger partial charge is 0.292 e. The summed E-state index contributed by atoms with van der Waals surface area (Å²) in [6.45, 7) is 3.40. The maximum atomic E-state index is 12.2. The van der Waals surface area contributed by atoms with Crippen LogP contribution in [0.3, 0.4) is 0 Å². The second-order valence-electron chi connectivity index (χ2n) is 6.53. The summed E-state index contributed by atoms with van der Waals surface area (Å²) in [4.78, 5) is 27.2. The number of nitrogens with zero attached hydrogens (tertiary/aromatic N) is 4. The molecule has 8 nitrogen and oxygen atoms in total. The Morgan fingerprint density at radius 2 is 1.79 bits per heavy atom. The van der Waals surface area contributed by atoms with E-state index in [1.54, 1.807) is 42.5 Å². The van der Waals surface area contributed by atoms with E-state index in [2.05, 4.69) is 16.3 Å². The van der Waals surface area contributed by atoms with Gasteiger partial charge in [-0.25, -0.2) is 0 Å². The molecule has 0 atom stereocenters. The van der Waals surface area contributed by atoms with E-state index in [0.717, 1.165) is 13.1 Å². The number of anilines is 2. The van der Waals surface area contributed by atoms with Gasteiger partial charge in [-0.15, -0.1) is 0 Å². The minimum absolute atomic E-state index is 0.117. The Morgan fingerprint density at radius 3 is 2.50 bits per heavy atom. The van der Waals surface area contributed by atoms with Crippen LogP contribution in [0, 0.1) is 21.4 Å². The number of nitro benzene ring substituents is 1. The molecule has 0 saturated carbocycles. The lowest BCUT2D eigenvalue weighted by Crippen LogP contribution is -2.47. The highest BCUT2D eigenvalue weighted by Crippen LogP contribution is 2.28. The fourth-order valence-electron chi connectivity index (χ4n) is 3.26. The standard InChI is InChI=1S/C20H21N5O3/c21-15-16-5-1-2-6-17(16)22-20(26)9-10-23-11-13-24(14-12-23)18-7-3-4-8-19(18)25(27)28/h1-8H,9-14H2,(H,22,26). The first-order chi connectivity index (χ1) is 13.6. The molecule has 2 aromatic rings. The van der Waals surface area contributed by atoms with Gasteiger partial charge in [0.25, 0.3) is 5.69 Å². The van der Waals surface area contributed by atoms with Crippen molar-refractivity contribution in [2.75, 3.05) is 42.9 Å².